The van der Waals surface area contributed by atoms with Crippen molar-refractivity contribution in [2.24, 2.45) is 11.7 Å². The van der Waals surface area contributed by atoms with Crippen molar-refractivity contribution in [2.45, 2.75) is 12.0 Å². The van der Waals surface area contributed by atoms with Gasteiger partial charge < -0.3 is 10.6 Å². The lowest BCUT2D eigenvalue weighted by Crippen LogP contribution is -2.37. The summed E-state index contributed by atoms with van der Waals surface area (Å²) in [4.78, 5) is 28.0. The van der Waals surface area contributed by atoms with E-state index >= 15 is 0 Å². The molecule has 120 valence electrons. The van der Waals surface area contributed by atoms with Gasteiger partial charge in [0.05, 0.1) is 10.2 Å². The van der Waals surface area contributed by atoms with Crippen LogP contribution < -0.4 is 5.73 Å². The fraction of sp³-hybridized carbons (Fsp3) is 0.294. The Morgan fingerprint density at radius 3 is 2.92 bits per heavy atom. The third-order valence-corrected chi connectivity index (χ3v) is 5.93. The van der Waals surface area contributed by atoms with Gasteiger partial charge in [-0.1, -0.05) is 12.1 Å². The molecule has 2 aromatic heterocycles. The number of thiazole rings is 1. The van der Waals surface area contributed by atoms with E-state index in [0.29, 0.717) is 30.4 Å². The summed E-state index contributed by atoms with van der Waals surface area (Å²) in [6, 6.07) is 7.90. The minimum Gasteiger partial charge on any atom is -0.335 e. The number of fused-ring (bicyclic) bond motifs is 2. The summed E-state index contributed by atoms with van der Waals surface area (Å²) in [7, 11) is 0. The Morgan fingerprint density at radius 1 is 1.29 bits per heavy atom. The largest absolute Gasteiger partial charge is 0.335 e. The number of carbonyl (C=O) groups is 1. The minimum atomic E-state index is -0.173. The summed E-state index contributed by atoms with van der Waals surface area (Å²) in [6.45, 7) is 1.32. The molecule has 6 nitrogen and oxygen atoms in total. The summed E-state index contributed by atoms with van der Waals surface area (Å²) in [5, 5.41) is 0.722. The molecule has 5 rings (SSSR count). The van der Waals surface area contributed by atoms with E-state index in [-0.39, 0.29) is 11.4 Å². The molecule has 3 aromatic rings. The number of carbonyl (C=O) groups excluding carboxylic acids is 1. The number of benzene rings is 1. The number of nitrogens with zero attached hydrogens (tertiary/aromatic N) is 4. The Labute approximate surface area is 142 Å². The first kappa shape index (κ1) is 14.0. The Bertz CT molecular complexity index is 937. The predicted molar refractivity (Wildman–Crippen MR) is 91.6 cm³/mol. The summed E-state index contributed by atoms with van der Waals surface area (Å²) >= 11 is 1.52. The van der Waals surface area contributed by atoms with Gasteiger partial charge in [0.15, 0.2) is 5.69 Å². The zero-order chi connectivity index (χ0) is 16.3. The van der Waals surface area contributed by atoms with Crippen LogP contribution in [0.2, 0.25) is 0 Å². The van der Waals surface area contributed by atoms with E-state index in [1.807, 2.05) is 24.3 Å². The second kappa shape index (κ2) is 4.81. The standard InChI is InChI=1S/C17H15N5OS/c18-17-7-10(17)8-22(9-17)16(23)14-13(19-5-6-20-14)15-21-11-3-1-2-4-12(11)24-15/h1-6,10H,7-9,18H2/t10-,17-/m0/s1. The number of hydrogen-bond donors (Lipinski definition) is 1. The fourth-order valence-corrected chi connectivity index (χ4v) is 4.42. The Morgan fingerprint density at radius 2 is 2.12 bits per heavy atom. The maximum atomic E-state index is 12.9. The molecule has 0 radical (unpaired) electrons. The molecule has 24 heavy (non-hydrogen) atoms. The van der Waals surface area contributed by atoms with Gasteiger partial charge in [-0.15, -0.1) is 11.3 Å². The lowest BCUT2D eigenvalue weighted by atomic mass is 10.2. The number of piperidine rings is 1. The highest BCUT2D eigenvalue weighted by molar-refractivity contribution is 7.21. The molecule has 7 heteroatoms. The highest BCUT2D eigenvalue weighted by Crippen LogP contribution is 2.47. The molecule has 2 fully saturated rings. The molecule has 2 atom stereocenters. The van der Waals surface area contributed by atoms with Crippen molar-refractivity contribution < 1.29 is 4.79 Å². The minimum absolute atomic E-state index is 0.102. The molecule has 2 N–H and O–H groups in total. The van der Waals surface area contributed by atoms with Crippen molar-refractivity contribution in [2.75, 3.05) is 13.1 Å². The van der Waals surface area contributed by atoms with Gasteiger partial charge in [0, 0.05) is 31.0 Å². The third kappa shape index (κ3) is 2.05. The molecule has 3 heterocycles. The highest BCUT2D eigenvalue weighted by atomic mass is 32.1. The lowest BCUT2D eigenvalue weighted by molar-refractivity contribution is 0.0767. The van der Waals surface area contributed by atoms with E-state index in [9.17, 15) is 4.79 Å². The zero-order valence-electron chi connectivity index (χ0n) is 12.8. The maximum Gasteiger partial charge on any atom is 0.274 e. The van der Waals surface area contributed by atoms with E-state index < -0.39 is 0 Å². The van der Waals surface area contributed by atoms with Crippen molar-refractivity contribution in [3.63, 3.8) is 0 Å². The van der Waals surface area contributed by atoms with Crippen molar-refractivity contribution >= 4 is 27.5 Å². The molecule has 1 saturated heterocycles. The fourth-order valence-electron chi connectivity index (χ4n) is 3.45. The van der Waals surface area contributed by atoms with E-state index in [1.165, 1.54) is 11.3 Å². The van der Waals surface area contributed by atoms with Gasteiger partial charge >= 0.3 is 0 Å². The number of nitrogens with two attached hydrogens (primary N) is 1. The van der Waals surface area contributed by atoms with Crippen LogP contribution in [0.5, 0.6) is 0 Å². The number of hydrogen-bond acceptors (Lipinski definition) is 6. The van der Waals surface area contributed by atoms with E-state index in [0.717, 1.165) is 21.6 Å². The number of para-hydroxylation sites is 1. The van der Waals surface area contributed by atoms with Gasteiger partial charge in [0.25, 0.3) is 5.91 Å². The van der Waals surface area contributed by atoms with Crippen LogP contribution in [0.1, 0.15) is 16.9 Å². The molecule has 0 unspecified atom stereocenters. The van der Waals surface area contributed by atoms with Crippen LogP contribution in [0, 0.1) is 5.92 Å². The second-order valence-electron chi connectivity index (χ2n) is 6.56. The smallest absolute Gasteiger partial charge is 0.274 e. The average molecular weight is 337 g/mol. The second-order valence-corrected chi connectivity index (χ2v) is 7.59. The average Bonchev–Trinajstić information content (AvgIpc) is 2.97. The molecule has 1 aromatic carbocycles. The monoisotopic (exact) mass is 337 g/mol. The number of rotatable bonds is 2. The number of likely N-dealkylation sites (tertiary alicyclic amines) is 1. The first-order chi connectivity index (χ1) is 11.6. The van der Waals surface area contributed by atoms with Crippen LogP contribution in [0.4, 0.5) is 0 Å². The molecule has 2 aliphatic rings. The quantitative estimate of drug-likeness (QED) is 0.772. The van der Waals surface area contributed by atoms with Gasteiger partial charge in [-0.2, -0.15) is 0 Å². The first-order valence-corrected chi connectivity index (χ1v) is 8.71. The van der Waals surface area contributed by atoms with E-state index in [1.54, 1.807) is 17.3 Å². The molecule has 0 spiro atoms. The Hall–Kier alpha value is -2.38. The molecule has 1 aliphatic carbocycles. The summed E-state index contributed by atoms with van der Waals surface area (Å²) in [5.41, 5.74) is 7.87. The summed E-state index contributed by atoms with van der Waals surface area (Å²) in [6.07, 6.45) is 4.17. The van der Waals surface area contributed by atoms with Gasteiger partial charge in [-0.25, -0.2) is 15.0 Å². The van der Waals surface area contributed by atoms with E-state index in [4.69, 9.17) is 5.73 Å². The zero-order valence-corrected chi connectivity index (χ0v) is 13.7. The van der Waals surface area contributed by atoms with Crippen molar-refractivity contribution in [1.82, 2.24) is 19.9 Å². The maximum absolute atomic E-state index is 12.9. The normalized spacial score (nSPS) is 25.0. The number of amides is 1. The highest BCUT2D eigenvalue weighted by Gasteiger charge is 2.58. The van der Waals surface area contributed by atoms with Crippen molar-refractivity contribution in [1.29, 1.82) is 0 Å². The molecular weight excluding hydrogens is 322 g/mol. The van der Waals surface area contributed by atoms with Gasteiger partial charge in [0.2, 0.25) is 0 Å². The molecule has 0 bridgehead atoms. The van der Waals surface area contributed by atoms with Crippen molar-refractivity contribution in [3.8, 4) is 10.7 Å². The van der Waals surface area contributed by atoms with Gasteiger partial charge in [-0.3, -0.25) is 4.79 Å². The van der Waals surface area contributed by atoms with Crippen LogP contribution in [-0.4, -0.2) is 44.4 Å². The van der Waals surface area contributed by atoms with Gasteiger partial charge in [0.1, 0.15) is 10.7 Å². The van der Waals surface area contributed by atoms with Crippen LogP contribution in [0.25, 0.3) is 20.9 Å². The lowest BCUT2D eigenvalue weighted by Gasteiger charge is -2.19. The number of aromatic nitrogens is 3. The predicted octanol–water partition coefficient (Wildman–Crippen LogP) is 1.93. The molecule has 1 saturated carbocycles. The van der Waals surface area contributed by atoms with Crippen LogP contribution >= 0.6 is 11.3 Å². The van der Waals surface area contributed by atoms with Crippen LogP contribution in [-0.2, 0) is 0 Å². The first-order valence-electron chi connectivity index (χ1n) is 7.89. The Balaban J connectivity index is 1.54. The van der Waals surface area contributed by atoms with Crippen LogP contribution in [0.15, 0.2) is 36.7 Å². The Kier molecular flexibility index (Phi) is 2.81. The van der Waals surface area contributed by atoms with E-state index in [2.05, 4.69) is 15.0 Å². The van der Waals surface area contributed by atoms with Gasteiger partial charge in [-0.05, 0) is 24.5 Å². The summed E-state index contributed by atoms with van der Waals surface area (Å²) in [5.74, 6) is 0.332. The molecule has 1 aliphatic heterocycles. The molecule has 1 amide bonds. The summed E-state index contributed by atoms with van der Waals surface area (Å²) < 4.78 is 1.07. The third-order valence-electron chi connectivity index (χ3n) is 4.89. The van der Waals surface area contributed by atoms with Crippen molar-refractivity contribution in [3.05, 3.63) is 42.4 Å². The molecular formula is C17H15N5OS. The SMILES string of the molecule is N[C@]12C[C@H]1CN(C(=O)c1nccnc1-c1nc3ccccc3s1)C2. The topological polar surface area (TPSA) is 85.0 Å². The van der Waals surface area contributed by atoms with Crippen LogP contribution in [0.3, 0.4) is 0 Å².